The number of rotatable bonds is 4. The second kappa shape index (κ2) is 7.17. The average molecular weight is 381 g/mol. The van der Waals surface area contributed by atoms with Crippen molar-refractivity contribution in [2.75, 3.05) is 12.4 Å². The number of ether oxygens (including phenoxy) is 1. The molecule has 2 heterocycles. The standard InChI is InChI=1S/C16H19N3O4S2/c1-7-3-4-8-9(5-7)24-14(12(8)15(22)23-2)18-11(20)6-10-13(21)19-16(17)25-10/h7,10H,3-6H2,1-2H3,(H,18,20)(H2,17,19,21)/t7-,10+/m1/s1. The summed E-state index contributed by atoms with van der Waals surface area (Å²) in [5.41, 5.74) is 6.93. The highest BCUT2D eigenvalue weighted by molar-refractivity contribution is 8.15. The zero-order chi connectivity index (χ0) is 18.1. The summed E-state index contributed by atoms with van der Waals surface area (Å²) in [4.78, 5) is 40.9. The van der Waals surface area contributed by atoms with Gasteiger partial charge in [-0.25, -0.2) is 4.79 Å². The van der Waals surface area contributed by atoms with Gasteiger partial charge in [-0.05, 0) is 30.7 Å². The van der Waals surface area contributed by atoms with Crippen LogP contribution in [0.2, 0.25) is 0 Å². The Kier molecular flexibility index (Phi) is 5.14. The number of thiophene rings is 1. The van der Waals surface area contributed by atoms with E-state index in [1.165, 1.54) is 18.4 Å². The van der Waals surface area contributed by atoms with Crippen LogP contribution in [0.5, 0.6) is 0 Å². The molecule has 2 amide bonds. The van der Waals surface area contributed by atoms with E-state index in [1.54, 1.807) is 0 Å². The van der Waals surface area contributed by atoms with E-state index in [0.29, 0.717) is 16.5 Å². The highest BCUT2D eigenvalue weighted by Crippen LogP contribution is 2.40. The Bertz CT molecular complexity index is 772. The van der Waals surface area contributed by atoms with Gasteiger partial charge in [-0.3, -0.25) is 9.59 Å². The molecule has 134 valence electrons. The van der Waals surface area contributed by atoms with E-state index in [1.807, 2.05) is 0 Å². The number of anilines is 1. The predicted octanol–water partition coefficient (Wildman–Crippen LogP) is 1.94. The molecule has 7 nitrogen and oxygen atoms in total. The molecule has 1 aromatic heterocycles. The highest BCUT2D eigenvalue weighted by atomic mass is 32.2. The number of hydrogen-bond acceptors (Lipinski definition) is 7. The maximum atomic E-state index is 12.3. The van der Waals surface area contributed by atoms with E-state index in [2.05, 4.69) is 17.2 Å². The molecule has 1 aliphatic heterocycles. The molecule has 0 unspecified atom stereocenters. The normalized spacial score (nSPS) is 22.3. The second-order valence-electron chi connectivity index (χ2n) is 6.19. The van der Waals surface area contributed by atoms with Crippen LogP contribution < -0.4 is 11.1 Å². The molecule has 1 aliphatic carbocycles. The minimum atomic E-state index is -0.601. The molecular weight excluding hydrogens is 362 g/mol. The Balaban J connectivity index is 1.78. The molecular formula is C16H19N3O4S2. The average Bonchev–Trinajstić information content (AvgIpc) is 3.05. The Hall–Kier alpha value is -1.87. The number of fused-ring (bicyclic) bond motifs is 1. The van der Waals surface area contributed by atoms with Gasteiger partial charge in [0.15, 0.2) is 5.17 Å². The number of thioether (sulfide) groups is 1. The third-order valence-electron chi connectivity index (χ3n) is 4.28. The largest absolute Gasteiger partial charge is 0.465 e. The van der Waals surface area contributed by atoms with Crippen molar-refractivity contribution in [1.29, 1.82) is 0 Å². The number of nitrogens with zero attached hydrogens (tertiary/aromatic N) is 1. The number of amidine groups is 1. The van der Waals surface area contributed by atoms with Gasteiger partial charge in [0, 0.05) is 11.3 Å². The van der Waals surface area contributed by atoms with E-state index < -0.39 is 17.1 Å². The third kappa shape index (κ3) is 3.72. The summed E-state index contributed by atoms with van der Waals surface area (Å²) < 4.78 is 4.90. The number of methoxy groups -OCH3 is 1. The molecule has 0 saturated heterocycles. The summed E-state index contributed by atoms with van der Waals surface area (Å²) in [7, 11) is 1.33. The fraction of sp³-hybridized carbons (Fsp3) is 0.500. The maximum Gasteiger partial charge on any atom is 0.341 e. The summed E-state index contributed by atoms with van der Waals surface area (Å²) in [6.45, 7) is 2.17. The second-order valence-corrected chi connectivity index (χ2v) is 8.52. The van der Waals surface area contributed by atoms with Crippen molar-refractivity contribution in [2.45, 2.75) is 37.9 Å². The zero-order valence-electron chi connectivity index (χ0n) is 14.0. The van der Waals surface area contributed by atoms with Gasteiger partial charge in [-0.15, -0.1) is 11.3 Å². The maximum absolute atomic E-state index is 12.3. The van der Waals surface area contributed by atoms with Crippen LogP contribution in [0.25, 0.3) is 0 Å². The number of nitrogens with one attached hydrogen (secondary N) is 1. The smallest absolute Gasteiger partial charge is 0.341 e. The first kappa shape index (κ1) is 17.9. The van der Waals surface area contributed by atoms with Crippen molar-refractivity contribution >= 4 is 51.1 Å². The molecule has 0 fully saturated rings. The summed E-state index contributed by atoms with van der Waals surface area (Å²) in [5, 5.41) is 2.86. The van der Waals surface area contributed by atoms with Crippen molar-refractivity contribution in [3.8, 4) is 0 Å². The molecule has 2 aliphatic rings. The van der Waals surface area contributed by atoms with Crippen molar-refractivity contribution < 1.29 is 19.1 Å². The minimum Gasteiger partial charge on any atom is -0.465 e. The number of carbonyl (C=O) groups excluding carboxylic acids is 3. The van der Waals surface area contributed by atoms with Gasteiger partial charge >= 0.3 is 5.97 Å². The molecule has 3 N–H and O–H groups in total. The van der Waals surface area contributed by atoms with Crippen molar-refractivity contribution in [3.63, 3.8) is 0 Å². The van der Waals surface area contributed by atoms with Crippen LogP contribution in [0.3, 0.4) is 0 Å². The third-order valence-corrected chi connectivity index (χ3v) is 6.44. The van der Waals surface area contributed by atoms with E-state index in [0.717, 1.165) is 41.5 Å². The summed E-state index contributed by atoms with van der Waals surface area (Å²) >= 11 is 2.50. The number of carbonyl (C=O) groups is 3. The first-order chi connectivity index (χ1) is 11.9. The van der Waals surface area contributed by atoms with Gasteiger partial charge in [0.05, 0.1) is 12.7 Å². The van der Waals surface area contributed by atoms with Gasteiger partial charge in [-0.2, -0.15) is 4.99 Å². The van der Waals surface area contributed by atoms with Gasteiger partial charge < -0.3 is 15.8 Å². The van der Waals surface area contributed by atoms with Crippen LogP contribution in [0.15, 0.2) is 4.99 Å². The molecule has 0 bridgehead atoms. The molecule has 0 saturated carbocycles. The fourth-order valence-electron chi connectivity index (χ4n) is 3.03. The van der Waals surface area contributed by atoms with Crippen molar-refractivity contribution in [2.24, 2.45) is 16.6 Å². The Morgan fingerprint density at radius 1 is 1.44 bits per heavy atom. The summed E-state index contributed by atoms with van der Waals surface area (Å²) in [6.07, 6.45) is 2.66. The van der Waals surface area contributed by atoms with E-state index >= 15 is 0 Å². The highest BCUT2D eigenvalue weighted by Gasteiger charge is 2.32. The number of amides is 2. The molecule has 3 rings (SSSR count). The van der Waals surface area contributed by atoms with Gasteiger partial charge in [0.2, 0.25) is 5.91 Å². The van der Waals surface area contributed by atoms with Crippen LogP contribution in [0.1, 0.15) is 40.6 Å². The van der Waals surface area contributed by atoms with Crippen molar-refractivity contribution in [1.82, 2.24) is 0 Å². The Morgan fingerprint density at radius 2 is 2.20 bits per heavy atom. The van der Waals surface area contributed by atoms with Crippen LogP contribution in [-0.2, 0) is 27.2 Å². The first-order valence-corrected chi connectivity index (χ1v) is 9.66. The topological polar surface area (TPSA) is 111 Å². The first-order valence-electron chi connectivity index (χ1n) is 7.96. The number of nitrogens with two attached hydrogens (primary N) is 1. The Morgan fingerprint density at radius 3 is 2.84 bits per heavy atom. The zero-order valence-corrected chi connectivity index (χ0v) is 15.6. The molecule has 0 spiro atoms. The van der Waals surface area contributed by atoms with E-state index in [9.17, 15) is 14.4 Å². The van der Waals surface area contributed by atoms with Gasteiger partial charge in [0.1, 0.15) is 10.3 Å². The predicted molar refractivity (Wildman–Crippen MR) is 98.1 cm³/mol. The summed E-state index contributed by atoms with van der Waals surface area (Å²) in [6, 6.07) is 0. The lowest BCUT2D eigenvalue weighted by atomic mass is 9.88. The molecule has 1 aromatic rings. The van der Waals surface area contributed by atoms with Crippen LogP contribution in [0.4, 0.5) is 5.00 Å². The lowest BCUT2D eigenvalue weighted by Crippen LogP contribution is -2.22. The van der Waals surface area contributed by atoms with Crippen LogP contribution in [-0.4, -0.2) is 35.3 Å². The summed E-state index contributed by atoms with van der Waals surface area (Å²) in [5.74, 6) is -0.633. The number of esters is 1. The molecule has 9 heteroatoms. The minimum absolute atomic E-state index is 0.0344. The Labute approximate surface area is 153 Å². The van der Waals surface area contributed by atoms with E-state index in [4.69, 9.17) is 10.5 Å². The molecule has 2 atom stereocenters. The van der Waals surface area contributed by atoms with Crippen molar-refractivity contribution in [3.05, 3.63) is 16.0 Å². The van der Waals surface area contributed by atoms with Gasteiger partial charge in [-0.1, -0.05) is 18.7 Å². The SMILES string of the molecule is COC(=O)c1c(NC(=O)C[C@@H]2SC(N)=NC2=O)sc2c1CC[C@@H](C)C2. The molecule has 25 heavy (non-hydrogen) atoms. The number of hydrogen-bond donors (Lipinski definition) is 2. The molecule has 0 radical (unpaired) electrons. The lowest BCUT2D eigenvalue weighted by Gasteiger charge is -2.18. The number of aliphatic imine (C=N–C) groups is 1. The quantitative estimate of drug-likeness (QED) is 0.771. The van der Waals surface area contributed by atoms with E-state index in [-0.39, 0.29) is 17.5 Å². The van der Waals surface area contributed by atoms with Gasteiger partial charge in [0.25, 0.3) is 5.91 Å². The van der Waals surface area contributed by atoms with Crippen LogP contribution >= 0.6 is 23.1 Å². The van der Waals surface area contributed by atoms with Crippen LogP contribution in [0, 0.1) is 5.92 Å². The molecule has 0 aromatic carbocycles. The monoisotopic (exact) mass is 381 g/mol. The lowest BCUT2D eigenvalue weighted by molar-refractivity contribution is -0.121. The fourth-order valence-corrected chi connectivity index (χ4v) is 5.27.